The van der Waals surface area contributed by atoms with E-state index in [-0.39, 0.29) is 11.6 Å². The Morgan fingerprint density at radius 1 is 0.850 bits per heavy atom. The summed E-state index contributed by atoms with van der Waals surface area (Å²) in [6.07, 6.45) is 0. The lowest BCUT2D eigenvalue weighted by atomic mass is 10.1. The molecular formula is C15H11F2N3. The maximum absolute atomic E-state index is 12.9. The smallest absolute Gasteiger partial charge is 0.127 e. The zero-order valence-electron chi connectivity index (χ0n) is 10.4. The van der Waals surface area contributed by atoms with Crippen molar-refractivity contribution in [3.63, 3.8) is 0 Å². The van der Waals surface area contributed by atoms with Gasteiger partial charge < -0.3 is 5.73 Å². The van der Waals surface area contributed by atoms with Gasteiger partial charge in [0.1, 0.15) is 17.5 Å². The molecule has 2 N–H and O–H groups in total. The van der Waals surface area contributed by atoms with E-state index >= 15 is 0 Å². The second-order valence-electron chi connectivity index (χ2n) is 4.35. The molecule has 0 atom stereocenters. The average molecular weight is 271 g/mol. The number of anilines is 1. The van der Waals surface area contributed by atoms with Crippen LogP contribution in [0, 0.1) is 11.6 Å². The zero-order chi connectivity index (χ0) is 14.1. The third-order valence-electron chi connectivity index (χ3n) is 2.95. The lowest BCUT2D eigenvalue weighted by Gasteiger charge is -2.03. The van der Waals surface area contributed by atoms with Crippen LogP contribution in [0.25, 0.3) is 16.9 Å². The molecule has 0 bridgehead atoms. The largest absolute Gasteiger partial charge is 0.384 e. The van der Waals surface area contributed by atoms with Gasteiger partial charge in [0, 0.05) is 11.6 Å². The molecule has 0 spiro atoms. The summed E-state index contributed by atoms with van der Waals surface area (Å²) in [7, 11) is 0. The standard InChI is InChI=1S/C15H11F2N3/c16-11-3-1-10(2-4-11)14-9-15(18)20(19-14)13-7-5-12(17)6-8-13/h1-9H,18H2. The van der Waals surface area contributed by atoms with Gasteiger partial charge in [-0.3, -0.25) is 0 Å². The molecule has 3 rings (SSSR count). The Hall–Kier alpha value is -2.69. The molecule has 0 saturated carbocycles. The predicted octanol–water partition coefficient (Wildman–Crippen LogP) is 3.40. The van der Waals surface area contributed by atoms with Crippen LogP contribution in [-0.4, -0.2) is 9.78 Å². The van der Waals surface area contributed by atoms with Crippen molar-refractivity contribution >= 4 is 5.82 Å². The molecule has 0 aliphatic heterocycles. The third-order valence-corrected chi connectivity index (χ3v) is 2.95. The molecule has 5 heteroatoms. The number of halogens is 2. The fraction of sp³-hybridized carbons (Fsp3) is 0. The van der Waals surface area contributed by atoms with Crippen molar-refractivity contribution in [3.05, 3.63) is 66.2 Å². The number of aromatic nitrogens is 2. The first-order valence-corrected chi connectivity index (χ1v) is 6.01. The van der Waals surface area contributed by atoms with Gasteiger partial charge in [0.05, 0.1) is 11.4 Å². The summed E-state index contributed by atoms with van der Waals surface area (Å²) < 4.78 is 27.3. The minimum Gasteiger partial charge on any atom is -0.384 e. The van der Waals surface area contributed by atoms with E-state index < -0.39 is 0 Å². The van der Waals surface area contributed by atoms with Gasteiger partial charge in [0.2, 0.25) is 0 Å². The summed E-state index contributed by atoms with van der Waals surface area (Å²) >= 11 is 0. The SMILES string of the molecule is Nc1cc(-c2ccc(F)cc2)nn1-c1ccc(F)cc1. The predicted molar refractivity (Wildman–Crippen MR) is 73.3 cm³/mol. The Morgan fingerprint density at radius 2 is 1.40 bits per heavy atom. The second-order valence-corrected chi connectivity index (χ2v) is 4.35. The van der Waals surface area contributed by atoms with Crippen LogP contribution in [0.15, 0.2) is 54.6 Å². The molecular weight excluding hydrogens is 260 g/mol. The van der Waals surface area contributed by atoms with E-state index in [1.54, 1.807) is 30.3 Å². The van der Waals surface area contributed by atoms with Crippen LogP contribution >= 0.6 is 0 Å². The number of nitrogen functional groups attached to an aromatic ring is 1. The van der Waals surface area contributed by atoms with Gasteiger partial charge in [-0.2, -0.15) is 5.10 Å². The molecule has 0 fully saturated rings. The van der Waals surface area contributed by atoms with E-state index in [0.29, 0.717) is 17.2 Å². The Bertz CT molecular complexity index is 731. The maximum Gasteiger partial charge on any atom is 0.127 e. The minimum absolute atomic E-state index is 0.306. The lowest BCUT2D eigenvalue weighted by molar-refractivity contribution is 0.627. The summed E-state index contributed by atoms with van der Waals surface area (Å²) in [5.74, 6) is -0.200. The molecule has 0 aliphatic carbocycles. The van der Waals surface area contributed by atoms with Crippen LogP contribution < -0.4 is 5.73 Å². The second kappa shape index (κ2) is 4.77. The molecule has 0 amide bonds. The van der Waals surface area contributed by atoms with Crippen molar-refractivity contribution in [1.82, 2.24) is 9.78 Å². The number of hydrogen-bond acceptors (Lipinski definition) is 2. The summed E-state index contributed by atoms with van der Waals surface area (Å²) in [6.45, 7) is 0. The Morgan fingerprint density at radius 3 is 2.00 bits per heavy atom. The van der Waals surface area contributed by atoms with Gasteiger partial charge in [-0.25, -0.2) is 13.5 Å². The van der Waals surface area contributed by atoms with Crippen LogP contribution in [0.4, 0.5) is 14.6 Å². The summed E-state index contributed by atoms with van der Waals surface area (Å²) in [5, 5.41) is 4.36. The highest BCUT2D eigenvalue weighted by Gasteiger charge is 2.09. The molecule has 2 aromatic carbocycles. The molecule has 0 saturated heterocycles. The van der Waals surface area contributed by atoms with Crippen LogP contribution in [0.2, 0.25) is 0 Å². The van der Waals surface area contributed by atoms with Gasteiger partial charge in [-0.05, 0) is 48.5 Å². The first-order chi connectivity index (χ1) is 9.63. The van der Waals surface area contributed by atoms with Crippen LogP contribution in [0.1, 0.15) is 0 Å². The minimum atomic E-state index is -0.321. The topological polar surface area (TPSA) is 43.8 Å². The van der Waals surface area contributed by atoms with Gasteiger partial charge in [-0.1, -0.05) is 0 Å². The molecule has 20 heavy (non-hydrogen) atoms. The number of nitrogens with two attached hydrogens (primary N) is 1. The summed E-state index contributed by atoms with van der Waals surface area (Å²) in [6, 6.07) is 13.5. The Balaban J connectivity index is 2.02. The van der Waals surface area contributed by atoms with E-state index in [4.69, 9.17) is 5.73 Å². The van der Waals surface area contributed by atoms with Crippen LogP contribution in [-0.2, 0) is 0 Å². The molecule has 1 heterocycles. The molecule has 0 unspecified atom stereocenters. The van der Waals surface area contributed by atoms with E-state index in [9.17, 15) is 8.78 Å². The summed E-state index contributed by atoms with van der Waals surface area (Å²) in [4.78, 5) is 0. The fourth-order valence-corrected chi connectivity index (χ4v) is 1.95. The number of hydrogen-bond donors (Lipinski definition) is 1. The fourth-order valence-electron chi connectivity index (χ4n) is 1.95. The van der Waals surface area contributed by atoms with Crippen molar-refractivity contribution < 1.29 is 8.78 Å². The number of nitrogens with zero attached hydrogens (tertiary/aromatic N) is 2. The van der Waals surface area contributed by atoms with Gasteiger partial charge in [0.25, 0.3) is 0 Å². The Kier molecular flexibility index (Phi) is 2.95. The Labute approximate surface area is 114 Å². The van der Waals surface area contributed by atoms with Crippen molar-refractivity contribution in [2.24, 2.45) is 0 Å². The van der Waals surface area contributed by atoms with Crippen molar-refractivity contribution in [3.8, 4) is 16.9 Å². The van der Waals surface area contributed by atoms with Gasteiger partial charge in [-0.15, -0.1) is 0 Å². The molecule has 0 radical (unpaired) electrons. The van der Waals surface area contributed by atoms with Crippen LogP contribution in [0.5, 0.6) is 0 Å². The molecule has 0 aliphatic rings. The van der Waals surface area contributed by atoms with Gasteiger partial charge >= 0.3 is 0 Å². The molecule has 3 aromatic rings. The maximum atomic E-state index is 12.9. The monoisotopic (exact) mass is 271 g/mol. The lowest BCUT2D eigenvalue weighted by Crippen LogP contribution is -2.01. The molecule has 1 aromatic heterocycles. The summed E-state index contributed by atoms with van der Waals surface area (Å²) in [5.41, 5.74) is 7.97. The highest BCUT2D eigenvalue weighted by molar-refractivity contribution is 5.63. The van der Waals surface area contributed by atoms with Crippen LogP contribution in [0.3, 0.4) is 0 Å². The van der Waals surface area contributed by atoms with Crippen molar-refractivity contribution in [2.45, 2.75) is 0 Å². The van der Waals surface area contributed by atoms with E-state index in [0.717, 1.165) is 5.56 Å². The highest BCUT2D eigenvalue weighted by atomic mass is 19.1. The first kappa shape index (κ1) is 12.3. The quantitative estimate of drug-likeness (QED) is 0.776. The normalized spacial score (nSPS) is 10.7. The zero-order valence-corrected chi connectivity index (χ0v) is 10.4. The third kappa shape index (κ3) is 2.25. The van der Waals surface area contributed by atoms with Crippen molar-refractivity contribution in [1.29, 1.82) is 0 Å². The first-order valence-electron chi connectivity index (χ1n) is 6.01. The molecule has 3 nitrogen and oxygen atoms in total. The van der Waals surface area contributed by atoms with Crippen molar-refractivity contribution in [2.75, 3.05) is 5.73 Å². The van der Waals surface area contributed by atoms with E-state index in [1.807, 2.05) is 0 Å². The average Bonchev–Trinajstić information content (AvgIpc) is 2.82. The van der Waals surface area contributed by atoms with Gasteiger partial charge in [0.15, 0.2) is 0 Å². The number of benzene rings is 2. The van der Waals surface area contributed by atoms with E-state index in [2.05, 4.69) is 5.10 Å². The molecule has 100 valence electrons. The highest BCUT2D eigenvalue weighted by Crippen LogP contribution is 2.23. The van der Waals surface area contributed by atoms with E-state index in [1.165, 1.54) is 28.9 Å². The number of rotatable bonds is 2.